The average Bonchev–Trinajstić information content (AvgIpc) is 3.70. The Labute approximate surface area is 292 Å². The number of Topliss-reactive ketones (excluding diaryl/α,β-unsaturated/α-hetero) is 1. The van der Waals surface area contributed by atoms with Gasteiger partial charge in [-0.25, -0.2) is 0 Å². The highest BCUT2D eigenvalue weighted by Crippen LogP contribution is 2.32. The van der Waals surface area contributed by atoms with E-state index in [1.165, 1.54) is 0 Å². The number of para-hydroxylation sites is 1. The standard InChI is InChI=1S/C40H45N5O5/c1-5-6-19-34(36(46)40(50)42-25(3)27-14-8-7-9-15-27)44-39(49)35(22-29-23-41-33-20-13-12-18-31(29)33)45-37(47)26(4)43-38(48)32-21-28-16-10-11-17-30(28)24(32)2/h7-18,20,23,25-26,34-35,41H,5-6,19,21-22H2,1-4H3,(H,42,50)(H,43,48)(H,44,49)(H,45,47). The van der Waals surface area contributed by atoms with Crippen LogP contribution in [-0.4, -0.2) is 52.5 Å². The summed E-state index contributed by atoms with van der Waals surface area (Å²) in [5.74, 6) is -3.06. The maximum absolute atomic E-state index is 14.0. The van der Waals surface area contributed by atoms with E-state index in [1.807, 2.05) is 92.7 Å². The van der Waals surface area contributed by atoms with Crippen LogP contribution in [0.25, 0.3) is 16.5 Å². The van der Waals surface area contributed by atoms with Gasteiger partial charge < -0.3 is 26.3 Å². The van der Waals surface area contributed by atoms with Crippen molar-refractivity contribution < 1.29 is 24.0 Å². The van der Waals surface area contributed by atoms with Crippen molar-refractivity contribution in [2.75, 3.05) is 0 Å². The first-order chi connectivity index (χ1) is 24.1. The Morgan fingerprint density at radius 2 is 1.46 bits per heavy atom. The Morgan fingerprint density at radius 1 is 0.780 bits per heavy atom. The van der Waals surface area contributed by atoms with Gasteiger partial charge in [-0.3, -0.25) is 24.0 Å². The predicted octanol–water partition coefficient (Wildman–Crippen LogP) is 4.85. The summed E-state index contributed by atoms with van der Waals surface area (Å²) in [7, 11) is 0. The highest BCUT2D eigenvalue weighted by atomic mass is 16.2. The molecule has 10 heteroatoms. The molecule has 1 aliphatic rings. The maximum Gasteiger partial charge on any atom is 0.290 e. The van der Waals surface area contributed by atoms with E-state index in [0.717, 1.165) is 45.2 Å². The van der Waals surface area contributed by atoms with Crippen LogP contribution in [0.2, 0.25) is 0 Å². The lowest BCUT2D eigenvalue weighted by Crippen LogP contribution is -2.57. The largest absolute Gasteiger partial charge is 0.361 e. The van der Waals surface area contributed by atoms with Crippen molar-refractivity contribution in [3.05, 3.63) is 113 Å². The number of unbranched alkanes of at least 4 members (excludes halogenated alkanes) is 1. The molecule has 4 aromatic rings. The molecule has 0 bridgehead atoms. The van der Waals surface area contributed by atoms with Gasteiger partial charge in [0.25, 0.3) is 5.91 Å². The molecule has 0 spiro atoms. The SMILES string of the molecule is CCCCC(NC(=O)C(Cc1c[nH]c2ccccc12)NC(=O)C(C)NC(=O)C1=C(C)c2ccccc2C1)C(=O)C(=O)NC(C)c1ccccc1. The van der Waals surface area contributed by atoms with Crippen LogP contribution < -0.4 is 21.3 Å². The molecule has 260 valence electrons. The zero-order chi connectivity index (χ0) is 35.8. The third kappa shape index (κ3) is 8.37. The van der Waals surface area contributed by atoms with Crippen molar-refractivity contribution in [2.24, 2.45) is 0 Å². The Hall–Kier alpha value is -5.51. The summed E-state index contributed by atoms with van der Waals surface area (Å²) in [6.45, 7) is 7.21. The lowest BCUT2D eigenvalue weighted by Gasteiger charge is -2.24. The van der Waals surface area contributed by atoms with Crippen LogP contribution in [0.3, 0.4) is 0 Å². The number of aromatic nitrogens is 1. The van der Waals surface area contributed by atoms with Crippen LogP contribution in [0.15, 0.2) is 90.6 Å². The van der Waals surface area contributed by atoms with E-state index in [9.17, 15) is 24.0 Å². The second-order valence-electron chi connectivity index (χ2n) is 12.9. The summed E-state index contributed by atoms with van der Waals surface area (Å²) in [5, 5.41) is 12.0. The molecule has 0 saturated heterocycles. The minimum Gasteiger partial charge on any atom is -0.361 e. The molecular weight excluding hydrogens is 630 g/mol. The Balaban J connectivity index is 1.32. The molecule has 4 amide bonds. The van der Waals surface area contributed by atoms with Gasteiger partial charge in [-0.1, -0.05) is 92.6 Å². The number of allylic oxidation sites excluding steroid dienone is 1. The highest BCUT2D eigenvalue weighted by molar-refractivity contribution is 6.38. The van der Waals surface area contributed by atoms with Gasteiger partial charge in [0.05, 0.1) is 12.1 Å². The van der Waals surface area contributed by atoms with Gasteiger partial charge in [0.2, 0.25) is 23.5 Å². The number of fused-ring (bicyclic) bond motifs is 2. The van der Waals surface area contributed by atoms with Crippen LogP contribution in [0.4, 0.5) is 0 Å². The number of rotatable bonds is 15. The molecule has 50 heavy (non-hydrogen) atoms. The van der Waals surface area contributed by atoms with Gasteiger partial charge in [-0.2, -0.15) is 0 Å². The Morgan fingerprint density at radius 3 is 2.20 bits per heavy atom. The van der Waals surface area contributed by atoms with Gasteiger partial charge >= 0.3 is 0 Å². The van der Waals surface area contributed by atoms with Crippen LogP contribution in [0, 0.1) is 0 Å². The molecule has 0 fully saturated rings. The normalized spacial score (nSPS) is 14.6. The molecule has 1 aliphatic carbocycles. The van der Waals surface area contributed by atoms with Crippen LogP contribution in [0.1, 0.15) is 75.3 Å². The monoisotopic (exact) mass is 675 g/mol. The summed E-state index contributed by atoms with van der Waals surface area (Å²) in [5.41, 5.74) is 6.03. The molecule has 0 saturated carbocycles. The van der Waals surface area contributed by atoms with E-state index >= 15 is 0 Å². The summed E-state index contributed by atoms with van der Waals surface area (Å²) in [6, 6.07) is 21.1. The second-order valence-corrected chi connectivity index (χ2v) is 12.9. The van der Waals surface area contributed by atoms with Gasteiger partial charge in [0.1, 0.15) is 12.1 Å². The number of nitrogens with one attached hydrogen (secondary N) is 5. The molecule has 1 aromatic heterocycles. The lowest BCUT2D eigenvalue weighted by molar-refractivity contribution is -0.141. The first kappa shape index (κ1) is 35.8. The van der Waals surface area contributed by atoms with Crippen molar-refractivity contribution in [1.29, 1.82) is 0 Å². The number of carbonyl (C=O) groups is 5. The topological polar surface area (TPSA) is 149 Å². The van der Waals surface area contributed by atoms with Gasteiger partial charge in [-0.05, 0) is 61.1 Å². The molecular formula is C40H45N5O5. The molecule has 4 atom stereocenters. The number of benzene rings is 3. The molecule has 3 aromatic carbocycles. The highest BCUT2D eigenvalue weighted by Gasteiger charge is 2.32. The Bertz CT molecular complexity index is 1910. The average molecular weight is 676 g/mol. The van der Waals surface area contributed by atoms with Crippen LogP contribution >= 0.6 is 0 Å². The van der Waals surface area contributed by atoms with Gasteiger partial charge in [0, 0.05) is 35.5 Å². The molecule has 4 unspecified atom stereocenters. The third-order valence-corrected chi connectivity index (χ3v) is 9.34. The fourth-order valence-electron chi connectivity index (χ4n) is 6.35. The van der Waals surface area contributed by atoms with E-state index in [2.05, 4.69) is 26.3 Å². The predicted molar refractivity (Wildman–Crippen MR) is 194 cm³/mol. The summed E-state index contributed by atoms with van der Waals surface area (Å²) in [6.07, 6.45) is 3.96. The number of carbonyl (C=O) groups excluding carboxylic acids is 5. The summed E-state index contributed by atoms with van der Waals surface area (Å²) >= 11 is 0. The molecule has 0 radical (unpaired) electrons. The third-order valence-electron chi connectivity index (χ3n) is 9.34. The maximum atomic E-state index is 14.0. The number of amides is 4. The summed E-state index contributed by atoms with van der Waals surface area (Å²) < 4.78 is 0. The minimum absolute atomic E-state index is 0.105. The van der Waals surface area contributed by atoms with Crippen molar-refractivity contribution in [2.45, 2.75) is 84.0 Å². The fourth-order valence-corrected chi connectivity index (χ4v) is 6.35. The van der Waals surface area contributed by atoms with Crippen molar-refractivity contribution in [1.82, 2.24) is 26.3 Å². The second kappa shape index (κ2) is 16.3. The van der Waals surface area contributed by atoms with Gasteiger partial charge in [0.15, 0.2) is 0 Å². The van der Waals surface area contributed by atoms with Crippen molar-refractivity contribution in [3.8, 4) is 0 Å². The zero-order valence-electron chi connectivity index (χ0n) is 29.0. The lowest BCUT2D eigenvalue weighted by atomic mass is 10.0. The molecule has 5 N–H and O–H groups in total. The quantitative estimate of drug-likeness (QED) is 0.114. The van der Waals surface area contributed by atoms with Gasteiger partial charge in [-0.15, -0.1) is 0 Å². The number of H-pyrrole nitrogens is 1. The number of hydrogen-bond donors (Lipinski definition) is 5. The molecule has 0 aliphatic heterocycles. The number of hydrogen-bond acceptors (Lipinski definition) is 5. The minimum atomic E-state index is -1.11. The molecule has 10 nitrogen and oxygen atoms in total. The van der Waals surface area contributed by atoms with E-state index in [-0.39, 0.29) is 18.7 Å². The number of ketones is 1. The van der Waals surface area contributed by atoms with E-state index < -0.39 is 47.7 Å². The zero-order valence-corrected chi connectivity index (χ0v) is 29.0. The van der Waals surface area contributed by atoms with E-state index in [1.54, 1.807) is 20.0 Å². The van der Waals surface area contributed by atoms with Crippen molar-refractivity contribution in [3.63, 3.8) is 0 Å². The van der Waals surface area contributed by atoms with Crippen molar-refractivity contribution >= 4 is 45.9 Å². The first-order valence-electron chi connectivity index (χ1n) is 17.2. The van der Waals surface area contributed by atoms with Crippen LogP contribution in [0.5, 0.6) is 0 Å². The summed E-state index contributed by atoms with van der Waals surface area (Å²) in [4.78, 5) is 70.7. The molecule has 5 rings (SSSR count). The Kier molecular flexibility index (Phi) is 11.6. The van der Waals surface area contributed by atoms with E-state index in [0.29, 0.717) is 18.4 Å². The first-order valence-corrected chi connectivity index (χ1v) is 17.2. The van der Waals surface area contributed by atoms with E-state index in [4.69, 9.17) is 0 Å². The van der Waals surface area contributed by atoms with Crippen LogP contribution in [-0.2, 0) is 36.8 Å². The molecule has 1 heterocycles. The fraction of sp³-hybridized carbons (Fsp3) is 0.325. The smallest absolute Gasteiger partial charge is 0.290 e. The number of aromatic amines is 1.